The molecule has 1 amide bonds. The van der Waals surface area contributed by atoms with Crippen LogP contribution in [0.15, 0.2) is 24.3 Å². The van der Waals surface area contributed by atoms with Crippen LogP contribution in [0, 0.1) is 5.82 Å². The Morgan fingerprint density at radius 3 is 2.76 bits per heavy atom. The molecule has 0 aromatic heterocycles. The first-order chi connectivity index (χ1) is 7.96. The predicted molar refractivity (Wildman–Crippen MR) is 67.7 cm³/mol. The van der Waals surface area contributed by atoms with Crippen molar-refractivity contribution >= 4 is 17.7 Å². The highest BCUT2D eigenvalue weighted by Gasteiger charge is 2.21. The van der Waals surface area contributed by atoms with Crippen LogP contribution in [0.4, 0.5) is 4.39 Å². The first-order valence-electron chi connectivity index (χ1n) is 5.20. The van der Waals surface area contributed by atoms with Gasteiger partial charge in [0.15, 0.2) is 0 Å². The van der Waals surface area contributed by atoms with Gasteiger partial charge >= 0.3 is 0 Å². The Labute approximate surface area is 104 Å². The van der Waals surface area contributed by atoms with E-state index in [1.807, 2.05) is 6.26 Å². The van der Waals surface area contributed by atoms with Crippen molar-refractivity contribution in [3.63, 3.8) is 0 Å². The average molecular weight is 257 g/mol. The Balaban J connectivity index is 2.59. The van der Waals surface area contributed by atoms with Crippen molar-refractivity contribution in [1.29, 1.82) is 0 Å². The number of carbonyl (C=O) groups excluding carboxylic acids is 1. The van der Waals surface area contributed by atoms with Crippen LogP contribution in [-0.4, -0.2) is 35.2 Å². The summed E-state index contributed by atoms with van der Waals surface area (Å²) in [5.74, 6) is -0.566. The van der Waals surface area contributed by atoms with Crippen LogP contribution in [-0.2, 0) is 0 Å². The number of rotatable bonds is 5. The molecule has 0 heterocycles. The van der Waals surface area contributed by atoms with Crippen LogP contribution in [0.5, 0.6) is 0 Å². The second kappa shape index (κ2) is 6.02. The third-order valence-corrected chi connectivity index (χ3v) is 3.11. The molecular formula is C12H16FNO2S. The van der Waals surface area contributed by atoms with Gasteiger partial charge in [-0.1, -0.05) is 12.1 Å². The summed E-state index contributed by atoms with van der Waals surface area (Å²) in [6.07, 6.45) is 1.87. The number of hydrogen-bond donors (Lipinski definition) is 2. The molecule has 0 bridgehead atoms. The molecule has 0 aliphatic heterocycles. The summed E-state index contributed by atoms with van der Waals surface area (Å²) in [4.78, 5) is 11.6. The highest BCUT2D eigenvalue weighted by Crippen LogP contribution is 2.10. The summed E-state index contributed by atoms with van der Waals surface area (Å²) in [7, 11) is 0. The van der Waals surface area contributed by atoms with Crippen molar-refractivity contribution < 1.29 is 14.3 Å². The molecule has 1 rings (SSSR count). The molecule has 2 N–H and O–H groups in total. The molecule has 17 heavy (non-hydrogen) atoms. The monoisotopic (exact) mass is 257 g/mol. The summed E-state index contributed by atoms with van der Waals surface area (Å²) in [5, 5.41) is 12.4. The lowest BCUT2D eigenvalue weighted by Crippen LogP contribution is -2.42. The van der Waals surface area contributed by atoms with Crippen molar-refractivity contribution in [2.24, 2.45) is 0 Å². The molecule has 0 radical (unpaired) electrons. The highest BCUT2D eigenvalue weighted by atomic mass is 32.2. The maximum atomic E-state index is 13.3. The Kier molecular flexibility index (Phi) is 4.96. The number of nitrogens with one attached hydrogen (secondary N) is 1. The third-order valence-electron chi connectivity index (χ3n) is 2.20. The minimum absolute atomic E-state index is 0.00699. The van der Waals surface area contributed by atoms with Crippen molar-refractivity contribution in [3.8, 4) is 0 Å². The quantitative estimate of drug-likeness (QED) is 0.843. The summed E-state index contributed by atoms with van der Waals surface area (Å²) < 4.78 is 13.3. The van der Waals surface area contributed by atoms with Gasteiger partial charge in [0.2, 0.25) is 0 Å². The highest BCUT2D eigenvalue weighted by molar-refractivity contribution is 7.98. The Hall–Kier alpha value is -1.07. The van der Waals surface area contributed by atoms with Crippen molar-refractivity contribution in [2.75, 3.05) is 18.6 Å². The summed E-state index contributed by atoms with van der Waals surface area (Å²) >= 11 is 1.48. The second-order valence-electron chi connectivity index (χ2n) is 4.09. The molecule has 0 spiro atoms. The first-order valence-corrected chi connectivity index (χ1v) is 6.60. The number of aliphatic hydroxyl groups is 1. The number of halogens is 1. The number of amides is 1. The summed E-state index contributed by atoms with van der Waals surface area (Å²) in [5.41, 5.74) is -0.993. The van der Waals surface area contributed by atoms with Crippen molar-refractivity contribution in [1.82, 2.24) is 5.32 Å². The van der Waals surface area contributed by atoms with Gasteiger partial charge in [-0.2, -0.15) is 11.8 Å². The smallest absolute Gasteiger partial charge is 0.254 e. The van der Waals surface area contributed by atoms with E-state index in [0.717, 1.165) is 0 Å². The topological polar surface area (TPSA) is 49.3 Å². The number of thioether (sulfide) groups is 1. The maximum absolute atomic E-state index is 13.3. The van der Waals surface area contributed by atoms with E-state index in [4.69, 9.17) is 0 Å². The van der Waals surface area contributed by atoms with Crippen LogP contribution >= 0.6 is 11.8 Å². The maximum Gasteiger partial charge on any atom is 0.254 e. The largest absolute Gasteiger partial charge is 0.387 e. The molecule has 0 saturated heterocycles. The predicted octanol–water partition coefficient (Wildman–Crippen LogP) is 1.67. The zero-order valence-electron chi connectivity index (χ0n) is 9.87. The molecule has 0 aliphatic rings. The molecule has 1 atom stereocenters. The molecule has 5 heteroatoms. The van der Waals surface area contributed by atoms with Crippen molar-refractivity contribution in [3.05, 3.63) is 35.6 Å². The van der Waals surface area contributed by atoms with Gasteiger partial charge in [0.25, 0.3) is 5.91 Å². The zero-order chi connectivity index (χ0) is 12.9. The van der Waals surface area contributed by atoms with E-state index in [9.17, 15) is 14.3 Å². The third kappa shape index (κ3) is 4.36. The van der Waals surface area contributed by atoms with Gasteiger partial charge in [-0.05, 0) is 25.3 Å². The SMILES string of the molecule is CSC[C@@](C)(O)CNC(=O)c1ccccc1F. The Morgan fingerprint density at radius 1 is 1.53 bits per heavy atom. The second-order valence-corrected chi connectivity index (χ2v) is 4.96. The minimum Gasteiger partial charge on any atom is -0.387 e. The van der Waals surface area contributed by atoms with Gasteiger partial charge in [0, 0.05) is 12.3 Å². The lowest BCUT2D eigenvalue weighted by Gasteiger charge is -2.22. The zero-order valence-corrected chi connectivity index (χ0v) is 10.7. The van der Waals surface area contributed by atoms with Gasteiger partial charge in [-0.3, -0.25) is 4.79 Å². The number of benzene rings is 1. The van der Waals surface area contributed by atoms with Crippen LogP contribution in [0.1, 0.15) is 17.3 Å². The molecule has 0 fully saturated rings. The molecular weight excluding hydrogens is 241 g/mol. The van der Waals surface area contributed by atoms with Crippen LogP contribution in [0.3, 0.4) is 0 Å². The number of hydrogen-bond acceptors (Lipinski definition) is 3. The van der Waals surface area contributed by atoms with Crippen LogP contribution in [0.25, 0.3) is 0 Å². The molecule has 0 aliphatic carbocycles. The van der Waals surface area contributed by atoms with E-state index in [-0.39, 0.29) is 12.1 Å². The molecule has 1 aromatic rings. The summed E-state index contributed by atoms with van der Waals surface area (Å²) in [6, 6.07) is 5.76. The fraction of sp³-hybridized carbons (Fsp3) is 0.417. The molecule has 1 aromatic carbocycles. The first kappa shape index (κ1) is 14.0. The average Bonchev–Trinajstić information content (AvgIpc) is 2.27. The molecule has 94 valence electrons. The fourth-order valence-corrected chi connectivity index (χ4v) is 2.10. The van der Waals surface area contributed by atoms with Gasteiger partial charge in [0.1, 0.15) is 5.82 Å². The lowest BCUT2D eigenvalue weighted by atomic mass is 10.1. The van der Waals surface area contributed by atoms with Gasteiger partial charge in [-0.15, -0.1) is 0 Å². The lowest BCUT2D eigenvalue weighted by molar-refractivity contribution is 0.0722. The normalized spacial score (nSPS) is 14.1. The Morgan fingerprint density at radius 2 is 2.18 bits per heavy atom. The van der Waals surface area contributed by atoms with E-state index in [2.05, 4.69) is 5.32 Å². The summed E-state index contributed by atoms with van der Waals surface area (Å²) in [6.45, 7) is 1.73. The van der Waals surface area contributed by atoms with E-state index < -0.39 is 17.3 Å². The number of carbonyl (C=O) groups is 1. The van der Waals surface area contributed by atoms with E-state index in [1.54, 1.807) is 13.0 Å². The van der Waals surface area contributed by atoms with E-state index >= 15 is 0 Å². The van der Waals surface area contributed by atoms with E-state index in [0.29, 0.717) is 5.75 Å². The van der Waals surface area contributed by atoms with Gasteiger partial charge in [0.05, 0.1) is 11.2 Å². The molecule has 0 saturated carbocycles. The van der Waals surface area contributed by atoms with Crippen LogP contribution in [0.2, 0.25) is 0 Å². The standard InChI is InChI=1S/C12H16FNO2S/c1-12(16,8-17-2)7-14-11(15)9-5-3-4-6-10(9)13/h3-6,16H,7-8H2,1-2H3,(H,14,15)/t12-/m0/s1. The Bertz CT molecular complexity index is 396. The van der Waals surface area contributed by atoms with Crippen molar-refractivity contribution in [2.45, 2.75) is 12.5 Å². The van der Waals surface area contributed by atoms with E-state index in [1.165, 1.54) is 30.0 Å². The van der Waals surface area contributed by atoms with Crippen LogP contribution < -0.4 is 5.32 Å². The van der Waals surface area contributed by atoms with Gasteiger partial charge in [-0.25, -0.2) is 4.39 Å². The fourth-order valence-electron chi connectivity index (χ4n) is 1.37. The van der Waals surface area contributed by atoms with Gasteiger partial charge < -0.3 is 10.4 Å². The molecule has 3 nitrogen and oxygen atoms in total. The molecule has 0 unspecified atom stereocenters. The minimum atomic E-state index is -0.986.